The van der Waals surface area contributed by atoms with Crippen molar-refractivity contribution in [2.75, 3.05) is 29.9 Å². The summed E-state index contributed by atoms with van der Waals surface area (Å²) in [6.45, 7) is -0.360. The van der Waals surface area contributed by atoms with Crippen LogP contribution in [0, 0.1) is 0 Å². The molecule has 0 bridgehead atoms. The summed E-state index contributed by atoms with van der Waals surface area (Å²) in [7, 11) is 0. The lowest BCUT2D eigenvalue weighted by Gasteiger charge is -2.34. The molecule has 0 aliphatic carbocycles. The molecule has 1 N–H and O–H groups in total. The lowest BCUT2D eigenvalue weighted by molar-refractivity contribution is 0.0378. The fourth-order valence-electron chi connectivity index (χ4n) is 1.73. The second kappa shape index (κ2) is 4.36. The van der Waals surface area contributed by atoms with Crippen molar-refractivity contribution in [2.24, 2.45) is 0 Å². The Hall–Kier alpha value is -1.82. The Bertz CT molecular complexity index is 399. The van der Waals surface area contributed by atoms with Crippen molar-refractivity contribution in [3.63, 3.8) is 0 Å². The van der Waals surface area contributed by atoms with Crippen LogP contribution in [0.15, 0.2) is 24.3 Å². The van der Waals surface area contributed by atoms with Gasteiger partial charge in [0.1, 0.15) is 0 Å². The second-order valence-electron chi connectivity index (χ2n) is 3.26. The highest BCUT2D eigenvalue weighted by atomic mass is 19.1. The first kappa shape index (κ1) is 10.7. The van der Waals surface area contributed by atoms with Gasteiger partial charge in [0.05, 0.1) is 17.9 Å². The Labute approximate surface area is 91.6 Å². The highest BCUT2D eigenvalue weighted by Crippen LogP contribution is 2.32. The molecule has 16 heavy (non-hydrogen) atoms. The molecule has 2 rings (SSSR count). The van der Waals surface area contributed by atoms with E-state index in [4.69, 9.17) is 9.94 Å². The molecule has 0 saturated carbocycles. The van der Waals surface area contributed by atoms with Gasteiger partial charge in [-0.1, -0.05) is 12.1 Å². The van der Waals surface area contributed by atoms with E-state index >= 15 is 0 Å². The molecular formula is C10H11FN2O3. The minimum Gasteiger partial charge on any atom is -0.465 e. The van der Waals surface area contributed by atoms with Crippen LogP contribution in [0.25, 0.3) is 0 Å². The minimum atomic E-state index is -1.02. The lowest BCUT2D eigenvalue weighted by Crippen LogP contribution is -2.43. The minimum absolute atomic E-state index is 0.256. The molecule has 0 radical (unpaired) electrons. The smallest absolute Gasteiger partial charge is 0.411 e. The third-order valence-corrected chi connectivity index (χ3v) is 2.40. The maximum absolute atomic E-state index is 12.1. The molecule has 1 heterocycles. The van der Waals surface area contributed by atoms with Crippen molar-refractivity contribution in [3.8, 4) is 0 Å². The first-order valence-corrected chi connectivity index (χ1v) is 4.80. The van der Waals surface area contributed by atoms with E-state index in [1.54, 1.807) is 24.3 Å². The number of anilines is 2. The number of hydrogen-bond acceptors (Lipinski definition) is 3. The molecule has 0 saturated heterocycles. The van der Waals surface area contributed by atoms with Crippen LogP contribution in [0.2, 0.25) is 0 Å². The second-order valence-corrected chi connectivity index (χ2v) is 3.26. The number of nitrogens with zero attached hydrogens (tertiary/aromatic N) is 2. The van der Waals surface area contributed by atoms with Crippen LogP contribution in [0.1, 0.15) is 0 Å². The van der Waals surface area contributed by atoms with Crippen LogP contribution in [0.3, 0.4) is 0 Å². The molecule has 86 valence electrons. The monoisotopic (exact) mass is 226 g/mol. The molecule has 1 aliphatic heterocycles. The number of halogens is 1. The van der Waals surface area contributed by atoms with Gasteiger partial charge in [0, 0.05) is 6.54 Å². The number of para-hydroxylation sites is 2. The summed E-state index contributed by atoms with van der Waals surface area (Å²) in [5.41, 5.74) is 1.07. The van der Waals surface area contributed by atoms with Crippen molar-refractivity contribution in [1.82, 2.24) is 0 Å². The van der Waals surface area contributed by atoms with Gasteiger partial charge < -0.3 is 5.11 Å². The van der Waals surface area contributed by atoms with E-state index in [0.29, 0.717) is 17.9 Å². The van der Waals surface area contributed by atoms with E-state index in [0.717, 1.165) is 0 Å². The maximum atomic E-state index is 12.1. The van der Waals surface area contributed by atoms with Gasteiger partial charge in [-0.25, -0.2) is 19.1 Å². The van der Waals surface area contributed by atoms with Crippen molar-refractivity contribution in [3.05, 3.63) is 24.3 Å². The molecule has 0 spiro atoms. The molecule has 0 aromatic heterocycles. The van der Waals surface area contributed by atoms with Gasteiger partial charge >= 0.3 is 6.09 Å². The Morgan fingerprint density at radius 1 is 1.38 bits per heavy atom. The van der Waals surface area contributed by atoms with Crippen LogP contribution in [0.4, 0.5) is 20.6 Å². The molecule has 0 unspecified atom stereocenters. The number of carboxylic acid groups (broad SMARTS) is 1. The third-order valence-electron chi connectivity index (χ3n) is 2.40. The normalized spacial score (nSPS) is 14.8. The van der Waals surface area contributed by atoms with Crippen LogP contribution < -0.4 is 9.96 Å². The molecule has 0 fully saturated rings. The molecule has 1 aliphatic rings. The molecule has 1 amide bonds. The zero-order chi connectivity index (χ0) is 11.5. The van der Waals surface area contributed by atoms with Crippen LogP contribution >= 0.6 is 0 Å². The highest BCUT2D eigenvalue weighted by molar-refractivity contribution is 5.92. The SMILES string of the molecule is O=C(O)N1CCN(OCF)c2ccccc21. The van der Waals surface area contributed by atoms with Gasteiger partial charge in [-0.3, -0.25) is 4.90 Å². The molecule has 0 atom stereocenters. The first-order valence-electron chi connectivity index (χ1n) is 4.80. The maximum Gasteiger partial charge on any atom is 0.411 e. The van der Waals surface area contributed by atoms with Crippen molar-refractivity contribution < 1.29 is 19.1 Å². The third kappa shape index (κ3) is 1.79. The van der Waals surface area contributed by atoms with Gasteiger partial charge in [0.25, 0.3) is 0 Å². The number of hydrogen-bond donors (Lipinski definition) is 1. The van der Waals surface area contributed by atoms with Crippen LogP contribution in [-0.4, -0.2) is 31.1 Å². The lowest BCUT2D eigenvalue weighted by atomic mass is 10.2. The van der Waals surface area contributed by atoms with Gasteiger partial charge in [-0.2, -0.15) is 0 Å². The molecule has 6 heteroatoms. The summed E-state index contributed by atoms with van der Waals surface area (Å²) in [5, 5.41) is 10.4. The zero-order valence-corrected chi connectivity index (χ0v) is 8.47. The standard InChI is InChI=1S/C10H11FN2O3/c11-7-16-13-6-5-12(10(14)15)8-3-1-2-4-9(8)13/h1-4H,5-7H2,(H,14,15). The van der Waals surface area contributed by atoms with E-state index < -0.39 is 13.0 Å². The molecule has 5 nitrogen and oxygen atoms in total. The van der Waals surface area contributed by atoms with Gasteiger partial charge in [0.2, 0.25) is 6.86 Å². The first-order chi connectivity index (χ1) is 7.74. The van der Waals surface area contributed by atoms with Gasteiger partial charge in [0.15, 0.2) is 0 Å². The summed E-state index contributed by atoms with van der Waals surface area (Å²) in [6, 6.07) is 6.84. The number of rotatable bonds is 2. The van der Waals surface area contributed by atoms with E-state index in [9.17, 15) is 9.18 Å². The van der Waals surface area contributed by atoms with Crippen LogP contribution in [-0.2, 0) is 4.84 Å². The summed E-state index contributed by atoms with van der Waals surface area (Å²) in [5.74, 6) is 0. The Balaban J connectivity index is 2.36. The zero-order valence-electron chi connectivity index (χ0n) is 8.47. The van der Waals surface area contributed by atoms with Crippen molar-refractivity contribution in [2.45, 2.75) is 0 Å². The van der Waals surface area contributed by atoms with E-state index in [1.807, 2.05) is 0 Å². The number of alkyl halides is 1. The average molecular weight is 226 g/mol. The van der Waals surface area contributed by atoms with E-state index in [1.165, 1.54) is 9.96 Å². The van der Waals surface area contributed by atoms with E-state index in [2.05, 4.69) is 0 Å². The number of carbonyl (C=O) groups is 1. The number of hydroxylamine groups is 1. The Morgan fingerprint density at radius 2 is 2.06 bits per heavy atom. The fourth-order valence-corrected chi connectivity index (χ4v) is 1.73. The quantitative estimate of drug-likeness (QED) is 0.836. The van der Waals surface area contributed by atoms with Gasteiger partial charge in [-0.05, 0) is 12.1 Å². The summed E-state index contributed by atoms with van der Waals surface area (Å²) < 4.78 is 12.1. The molecule has 1 aromatic rings. The van der Waals surface area contributed by atoms with Crippen LogP contribution in [0.5, 0.6) is 0 Å². The van der Waals surface area contributed by atoms with E-state index in [-0.39, 0.29) is 6.54 Å². The largest absolute Gasteiger partial charge is 0.465 e. The molecular weight excluding hydrogens is 215 g/mol. The number of benzene rings is 1. The average Bonchev–Trinajstić information content (AvgIpc) is 2.29. The fraction of sp³-hybridized carbons (Fsp3) is 0.300. The summed E-state index contributed by atoms with van der Waals surface area (Å²) in [6.07, 6.45) is -1.02. The predicted molar refractivity (Wildman–Crippen MR) is 56.2 cm³/mol. The Morgan fingerprint density at radius 3 is 2.69 bits per heavy atom. The topological polar surface area (TPSA) is 53.0 Å². The van der Waals surface area contributed by atoms with Crippen molar-refractivity contribution in [1.29, 1.82) is 0 Å². The molecule has 1 aromatic carbocycles. The summed E-state index contributed by atoms with van der Waals surface area (Å²) >= 11 is 0. The van der Waals surface area contributed by atoms with Gasteiger partial charge in [-0.15, -0.1) is 0 Å². The predicted octanol–water partition coefficient (Wildman–Crippen LogP) is 1.85. The highest BCUT2D eigenvalue weighted by Gasteiger charge is 2.26. The number of fused-ring (bicyclic) bond motifs is 1. The summed E-state index contributed by atoms with van der Waals surface area (Å²) in [4.78, 5) is 17.0. The Kier molecular flexibility index (Phi) is 2.91. The van der Waals surface area contributed by atoms with Crippen molar-refractivity contribution >= 4 is 17.5 Å². The number of amides is 1.